The Morgan fingerprint density at radius 1 is 1.00 bits per heavy atom. The van der Waals surface area contributed by atoms with Gasteiger partial charge in [-0.2, -0.15) is 0 Å². The number of rotatable bonds is 10. The quantitative estimate of drug-likeness (QED) is 0.351. The molecule has 0 saturated heterocycles. The van der Waals surface area contributed by atoms with Crippen LogP contribution in [0.1, 0.15) is 60.5 Å². The van der Waals surface area contributed by atoms with Crippen molar-refractivity contribution < 1.29 is 9.90 Å². The van der Waals surface area contributed by atoms with E-state index in [-0.39, 0.29) is 11.2 Å². The molecule has 0 spiro atoms. The molecule has 25 heavy (non-hydrogen) atoms. The summed E-state index contributed by atoms with van der Waals surface area (Å²) in [6.07, 6.45) is 5.12. The van der Waals surface area contributed by atoms with Gasteiger partial charge in [0.25, 0.3) is 0 Å². The first kappa shape index (κ1) is 19.7. The third-order valence-electron chi connectivity index (χ3n) is 4.48. The van der Waals surface area contributed by atoms with Gasteiger partial charge in [0, 0.05) is 17.5 Å². The molecule has 0 radical (unpaired) electrons. The van der Waals surface area contributed by atoms with Gasteiger partial charge in [-0.3, -0.25) is 4.79 Å². The van der Waals surface area contributed by atoms with Crippen molar-refractivity contribution in [2.24, 2.45) is 0 Å². The molecule has 0 bridgehead atoms. The summed E-state index contributed by atoms with van der Waals surface area (Å²) in [5.74, 6) is -0.0162. The van der Waals surface area contributed by atoms with Crippen molar-refractivity contribution >= 4 is 17.4 Å². The highest BCUT2D eigenvalue weighted by atomic mass is 35.5. The van der Waals surface area contributed by atoms with Gasteiger partial charge < -0.3 is 5.11 Å². The fourth-order valence-corrected chi connectivity index (χ4v) is 3.22. The lowest BCUT2D eigenvalue weighted by Gasteiger charge is -2.18. The van der Waals surface area contributed by atoms with Gasteiger partial charge in [0.15, 0.2) is 5.78 Å². The van der Waals surface area contributed by atoms with Crippen molar-refractivity contribution in [2.45, 2.75) is 56.9 Å². The Morgan fingerprint density at radius 3 is 2.40 bits per heavy atom. The van der Waals surface area contributed by atoms with Crippen LogP contribution in [0.5, 0.6) is 0 Å². The number of hydrogen-bond donors (Lipinski definition) is 1. The monoisotopic (exact) mass is 358 g/mol. The number of aliphatic hydroxyl groups excluding tert-OH is 1. The maximum Gasteiger partial charge on any atom is 0.193 e. The van der Waals surface area contributed by atoms with Crippen LogP contribution in [0, 0.1) is 0 Å². The molecule has 0 aliphatic rings. The summed E-state index contributed by atoms with van der Waals surface area (Å²) in [7, 11) is 0. The van der Waals surface area contributed by atoms with Gasteiger partial charge in [-0.05, 0) is 12.0 Å². The van der Waals surface area contributed by atoms with E-state index in [0.29, 0.717) is 17.5 Å². The fourth-order valence-electron chi connectivity index (χ4n) is 2.98. The molecule has 2 rings (SSSR count). The summed E-state index contributed by atoms with van der Waals surface area (Å²) in [5.41, 5.74) is 2.15. The molecule has 2 nitrogen and oxygen atoms in total. The maximum atomic E-state index is 12.7. The third kappa shape index (κ3) is 5.98. The second kappa shape index (κ2) is 10.4. The average molecular weight is 359 g/mol. The van der Waals surface area contributed by atoms with Crippen LogP contribution in [-0.2, 0) is 6.42 Å². The highest BCUT2D eigenvalue weighted by molar-refractivity contribution is 6.21. The van der Waals surface area contributed by atoms with E-state index in [1.807, 2.05) is 54.6 Å². The first-order valence-corrected chi connectivity index (χ1v) is 9.57. The molecular formula is C22H27ClO2. The SMILES string of the molecule is CCCCCCC(Cl)C(O)Cc1ccccc1C(=O)c1ccccc1. The lowest BCUT2D eigenvalue weighted by atomic mass is 9.93. The number of aliphatic hydroxyl groups is 1. The van der Waals surface area contributed by atoms with Crippen LogP contribution in [0.25, 0.3) is 0 Å². The zero-order valence-electron chi connectivity index (χ0n) is 14.8. The Hall–Kier alpha value is -1.64. The number of halogens is 1. The maximum absolute atomic E-state index is 12.7. The smallest absolute Gasteiger partial charge is 0.193 e. The van der Waals surface area contributed by atoms with E-state index in [1.165, 1.54) is 12.8 Å². The van der Waals surface area contributed by atoms with Crippen molar-refractivity contribution in [1.29, 1.82) is 0 Å². The van der Waals surface area contributed by atoms with Crippen LogP contribution in [0.2, 0.25) is 0 Å². The van der Waals surface area contributed by atoms with Crippen molar-refractivity contribution in [3.8, 4) is 0 Å². The highest BCUT2D eigenvalue weighted by Crippen LogP contribution is 2.21. The van der Waals surface area contributed by atoms with Crippen LogP contribution < -0.4 is 0 Å². The molecule has 3 heteroatoms. The van der Waals surface area contributed by atoms with Gasteiger partial charge in [-0.25, -0.2) is 0 Å². The van der Waals surface area contributed by atoms with Crippen molar-refractivity contribution in [2.75, 3.05) is 0 Å². The molecule has 0 heterocycles. The van der Waals surface area contributed by atoms with Gasteiger partial charge in [0.2, 0.25) is 0 Å². The minimum atomic E-state index is -0.645. The minimum absolute atomic E-state index is 0.0162. The lowest BCUT2D eigenvalue weighted by Crippen LogP contribution is -2.24. The molecule has 0 fully saturated rings. The Balaban J connectivity index is 2.04. The van der Waals surface area contributed by atoms with Crippen LogP contribution in [0.15, 0.2) is 54.6 Å². The predicted molar refractivity (Wildman–Crippen MR) is 104 cm³/mol. The third-order valence-corrected chi connectivity index (χ3v) is 4.99. The largest absolute Gasteiger partial charge is 0.391 e. The summed E-state index contributed by atoms with van der Waals surface area (Å²) in [6.45, 7) is 2.17. The molecule has 1 N–H and O–H groups in total. The van der Waals surface area contributed by atoms with E-state index in [4.69, 9.17) is 11.6 Å². The molecule has 2 unspecified atom stereocenters. The second-order valence-corrected chi connectivity index (χ2v) is 7.05. The van der Waals surface area contributed by atoms with Gasteiger partial charge >= 0.3 is 0 Å². The number of alkyl halides is 1. The number of benzene rings is 2. The molecular weight excluding hydrogens is 332 g/mol. The lowest BCUT2D eigenvalue weighted by molar-refractivity contribution is 0.103. The molecule has 0 amide bonds. The van der Waals surface area contributed by atoms with Crippen molar-refractivity contribution in [3.05, 3.63) is 71.3 Å². The van der Waals surface area contributed by atoms with E-state index < -0.39 is 6.10 Å². The van der Waals surface area contributed by atoms with Crippen molar-refractivity contribution in [3.63, 3.8) is 0 Å². The summed E-state index contributed by atoms with van der Waals surface area (Å²) in [6, 6.07) is 16.7. The fraction of sp³-hybridized carbons (Fsp3) is 0.409. The Morgan fingerprint density at radius 2 is 1.68 bits per heavy atom. The number of carbonyl (C=O) groups excluding carboxylic acids is 1. The number of hydrogen-bond acceptors (Lipinski definition) is 2. The topological polar surface area (TPSA) is 37.3 Å². The summed E-state index contributed by atoms with van der Waals surface area (Å²) in [4.78, 5) is 12.7. The van der Waals surface area contributed by atoms with E-state index in [9.17, 15) is 9.90 Å². The molecule has 2 aromatic rings. The Labute approximate surface area is 155 Å². The summed E-state index contributed by atoms with van der Waals surface area (Å²) in [5, 5.41) is 10.2. The summed E-state index contributed by atoms with van der Waals surface area (Å²) < 4.78 is 0. The Bertz CT molecular complexity index is 654. The van der Waals surface area contributed by atoms with Crippen molar-refractivity contribution in [1.82, 2.24) is 0 Å². The minimum Gasteiger partial charge on any atom is -0.391 e. The van der Waals surface area contributed by atoms with Crippen LogP contribution in [0.4, 0.5) is 0 Å². The molecule has 2 atom stereocenters. The normalized spacial score (nSPS) is 13.4. The van der Waals surface area contributed by atoms with Crippen LogP contribution >= 0.6 is 11.6 Å². The zero-order valence-corrected chi connectivity index (χ0v) is 15.6. The molecule has 2 aromatic carbocycles. The first-order chi connectivity index (χ1) is 12.1. The molecule has 134 valence electrons. The predicted octanol–water partition coefficient (Wildman–Crippen LogP) is 5.40. The molecule has 0 aliphatic carbocycles. The van der Waals surface area contributed by atoms with Crippen LogP contribution in [-0.4, -0.2) is 22.4 Å². The number of carbonyl (C=O) groups is 1. The Kier molecular flexibility index (Phi) is 8.17. The van der Waals surface area contributed by atoms with Gasteiger partial charge in [-0.1, -0.05) is 87.2 Å². The standard InChI is InChI=1S/C22H27ClO2/c1-2-3-4-8-15-20(23)21(24)16-18-13-9-10-14-19(18)22(25)17-11-6-5-7-12-17/h5-7,9-14,20-21,24H,2-4,8,15-16H2,1H3. The van der Waals surface area contributed by atoms with E-state index in [1.54, 1.807) is 0 Å². The van der Waals surface area contributed by atoms with Crippen LogP contribution in [0.3, 0.4) is 0 Å². The van der Waals surface area contributed by atoms with Gasteiger partial charge in [0.05, 0.1) is 11.5 Å². The highest BCUT2D eigenvalue weighted by Gasteiger charge is 2.20. The van der Waals surface area contributed by atoms with E-state index >= 15 is 0 Å². The molecule has 0 saturated carbocycles. The summed E-state index contributed by atoms with van der Waals surface area (Å²) >= 11 is 6.37. The first-order valence-electron chi connectivity index (χ1n) is 9.13. The van der Waals surface area contributed by atoms with Gasteiger partial charge in [0.1, 0.15) is 0 Å². The number of ketones is 1. The zero-order chi connectivity index (χ0) is 18.1. The molecule has 0 aliphatic heterocycles. The molecule has 0 aromatic heterocycles. The van der Waals surface area contributed by atoms with E-state index in [0.717, 1.165) is 24.8 Å². The van der Waals surface area contributed by atoms with E-state index in [2.05, 4.69) is 6.92 Å². The number of unbranched alkanes of at least 4 members (excludes halogenated alkanes) is 3. The average Bonchev–Trinajstić information content (AvgIpc) is 2.65. The van der Waals surface area contributed by atoms with Gasteiger partial charge in [-0.15, -0.1) is 11.6 Å². The second-order valence-electron chi connectivity index (χ2n) is 6.49.